The molecule has 1 aliphatic rings. The number of nitrogens with one attached hydrogen (secondary N) is 1. The molecule has 0 bridgehead atoms. The monoisotopic (exact) mass is 1070 g/mol. The summed E-state index contributed by atoms with van der Waals surface area (Å²) in [7, 11) is -4.76. The number of carbonyl (C=O) groups excluding carboxylic acids is 2. The van der Waals surface area contributed by atoms with Crippen molar-refractivity contribution in [2.75, 3.05) is 46.1 Å². The first-order valence-corrected chi connectivity index (χ1v) is 29.3. The van der Waals surface area contributed by atoms with Gasteiger partial charge in [-0.1, -0.05) is 141 Å². The molecule has 1 rings (SSSR count). The Balaban J connectivity index is 2.59. The number of phosphoric acid groups is 1. The van der Waals surface area contributed by atoms with E-state index in [0.717, 1.165) is 77.0 Å². The molecule has 1 saturated heterocycles. The third kappa shape index (κ3) is 35.2. The molecule has 0 radical (unpaired) electrons. The number of hydrogen-bond donors (Lipinski definition) is 10. The lowest BCUT2D eigenvalue weighted by molar-refractivity contribution is -0.327. The molecule has 0 aliphatic carbocycles. The van der Waals surface area contributed by atoms with E-state index < -0.39 is 121 Å². The van der Waals surface area contributed by atoms with Crippen molar-refractivity contribution in [1.29, 1.82) is 0 Å². The zero-order valence-corrected chi connectivity index (χ0v) is 45.4. The van der Waals surface area contributed by atoms with E-state index in [4.69, 9.17) is 28.0 Å². The molecule has 0 amide bonds. The number of carbonyl (C=O) groups is 2. The summed E-state index contributed by atoms with van der Waals surface area (Å²) >= 11 is 0. The minimum atomic E-state index is -4.76. The van der Waals surface area contributed by atoms with Crippen LogP contribution in [0.2, 0.25) is 0 Å². The van der Waals surface area contributed by atoms with E-state index in [1.807, 2.05) is 0 Å². The highest BCUT2D eigenvalue weighted by Crippen LogP contribution is 2.43. The smallest absolute Gasteiger partial charge is 0.462 e. The van der Waals surface area contributed by atoms with E-state index in [1.165, 1.54) is 77.0 Å². The number of allylic oxidation sites excluding steroid dienone is 4. The van der Waals surface area contributed by atoms with Crippen molar-refractivity contribution in [3.8, 4) is 0 Å². The van der Waals surface area contributed by atoms with Gasteiger partial charge in [-0.2, -0.15) is 0 Å². The van der Waals surface area contributed by atoms with Crippen LogP contribution in [0.15, 0.2) is 24.3 Å². The second kappa shape index (κ2) is 45.1. The molecule has 0 aromatic heterocycles. The van der Waals surface area contributed by atoms with Crippen LogP contribution in [0, 0.1) is 0 Å². The van der Waals surface area contributed by atoms with Crippen LogP contribution in [0.3, 0.4) is 0 Å². The lowest BCUT2D eigenvalue weighted by atomic mass is 9.98. The lowest BCUT2D eigenvalue weighted by Gasteiger charge is -2.42. The fraction of sp³-hybridized carbons (Fsp3) is 0.887. The second-order valence-corrected chi connectivity index (χ2v) is 20.8. The van der Waals surface area contributed by atoms with Crippen LogP contribution in [0.4, 0.5) is 0 Å². The molecule has 1 aliphatic heterocycles. The number of ether oxygens (including phenoxy) is 4. The summed E-state index contributed by atoms with van der Waals surface area (Å²) in [5, 5.41) is 83.8. The Kier molecular flexibility index (Phi) is 42.7. The molecule has 430 valence electrons. The van der Waals surface area contributed by atoms with Crippen molar-refractivity contribution in [2.24, 2.45) is 0 Å². The highest BCUT2D eigenvalue weighted by atomic mass is 31.2. The number of aliphatic hydroxyl groups excluding tert-OH is 8. The largest absolute Gasteiger partial charge is 0.472 e. The fourth-order valence-corrected chi connectivity index (χ4v) is 8.93. The topological polar surface area (TPSA) is 301 Å². The lowest BCUT2D eigenvalue weighted by Crippen LogP contribution is -2.61. The highest BCUT2D eigenvalue weighted by Gasteiger charge is 2.47. The second-order valence-electron chi connectivity index (χ2n) is 19.4. The minimum absolute atomic E-state index is 0.108. The summed E-state index contributed by atoms with van der Waals surface area (Å²) in [5.41, 5.74) is 0. The predicted octanol–water partition coefficient (Wildman–Crippen LogP) is 6.50. The molecule has 10 N–H and O–H groups in total. The number of hydrogen-bond acceptors (Lipinski definition) is 18. The van der Waals surface area contributed by atoms with E-state index in [-0.39, 0.29) is 19.4 Å². The fourth-order valence-electron chi connectivity index (χ4n) is 8.17. The van der Waals surface area contributed by atoms with E-state index >= 15 is 0 Å². The van der Waals surface area contributed by atoms with Crippen LogP contribution in [0.5, 0.6) is 0 Å². The van der Waals surface area contributed by atoms with Gasteiger partial charge in [-0.15, -0.1) is 0 Å². The van der Waals surface area contributed by atoms with Crippen LogP contribution >= 0.6 is 7.82 Å². The molecular weight excluding hydrogens is 970 g/mol. The Hall–Kier alpha value is -1.91. The van der Waals surface area contributed by atoms with Crippen LogP contribution < -0.4 is 5.32 Å². The number of phosphoric ester groups is 1. The minimum Gasteiger partial charge on any atom is -0.462 e. The van der Waals surface area contributed by atoms with Crippen molar-refractivity contribution in [2.45, 2.75) is 255 Å². The molecule has 0 saturated carbocycles. The van der Waals surface area contributed by atoms with Crippen molar-refractivity contribution in [1.82, 2.24) is 5.32 Å². The van der Waals surface area contributed by atoms with Crippen molar-refractivity contribution in [3.05, 3.63) is 24.3 Å². The summed E-state index contributed by atoms with van der Waals surface area (Å²) in [6, 6.07) is 0. The third-order valence-corrected chi connectivity index (χ3v) is 13.7. The van der Waals surface area contributed by atoms with Gasteiger partial charge in [0.15, 0.2) is 12.4 Å². The van der Waals surface area contributed by atoms with E-state index in [2.05, 4.69) is 43.5 Å². The zero-order valence-electron chi connectivity index (χ0n) is 44.5. The van der Waals surface area contributed by atoms with Crippen molar-refractivity contribution < 1.29 is 87.9 Å². The number of esters is 2. The zero-order chi connectivity index (χ0) is 54.0. The molecule has 11 atom stereocenters. The van der Waals surface area contributed by atoms with Gasteiger partial charge >= 0.3 is 19.8 Å². The maximum Gasteiger partial charge on any atom is 0.472 e. The van der Waals surface area contributed by atoms with Gasteiger partial charge in [0.05, 0.1) is 32.5 Å². The molecular formula is C53H100NO18P. The SMILES string of the molecule is CCCCCCCC/C=C/CCCCCCCC(=O)OCC(COP(=O)(O)OCCNCC(O)C(O)C(OC1OC(CO)C(O)C(O)C1O)C(O)CO)OC(=O)CCCCCCC/C=C/CCCCCCCC. The first kappa shape index (κ1) is 69.1. The van der Waals surface area contributed by atoms with Gasteiger partial charge in [0.25, 0.3) is 0 Å². The van der Waals surface area contributed by atoms with Crippen LogP contribution in [0.1, 0.15) is 194 Å². The Morgan fingerprint density at radius 2 is 1.10 bits per heavy atom. The van der Waals surface area contributed by atoms with E-state index in [9.17, 15) is 59.9 Å². The maximum atomic E-state index is 12.9. The summed E-state index contributed by atoms with van der Waals surface area (Å²) in [6.45, 7) is 0.659. The molecule has 19 nitrogen and oxygen atoms in total. The Morgan fingerprint density at radius 3 is 1.59 bits per heavy atom. The standard InChI is InChI=1S/C53H100NO18P/c1-3-5-7-9-11-13-15-17-19-21-23-25-27-29-31-33-46(59)67-40-42(70-47(60)34-32-30-28-26-24-22-20-18-16-14-12-10-8-6-4-2)41-69-73(65,66)68-36-35-54-37-43(57)48(61)52(44(58)38-55)72-53-51(64)50(63)49(62)45(39-56)71-53/h17-20,42-45,48-58,61-64H,3-16,21-41H2,1-2H3,(H,65,66)/b19-17+,20-18+. The molecule has 20 heteroatoms. The normalized spacial score (nSPS) is 21.3. The molecule has 1 fully saturated rings. The third-order valence-electron chi connectivity index (χ3n) is 12.8. The first-order valence-electron chi connectivity index (χ1n) is 27.8. The van der Waals surface area contributed by atoms with Gasteiger partial charge in [-0.3, -0.25) is 18.6 Å². The summed E-state index contributed by atoms with van der Waals surface area (Å²) in [6.07, 6.45) is 21.3. The predicted molar refractivity (Wildman–Crippen MR) is 278 cm³/mol. The van der Waals surface area contributed by atoms with E-state index in [1.54, 1.807) is 0 Å². The van der Waals surface area contributed by atoms with Gasteiger partial charge in [-0.05, 0) is 64.2 Å². The van der Waals surface area contributed by atoms with Gasteiger partial charge in [0, 0.05) is 25.9 Å². The Bertz CT molecular complexity index is 1440. The molecule has 73 heavy (non-hydrogen) atoms. The van der Waals surface area contributed by atoms with Crippen LogP contribution in [-0.2, 0) is 42.1 Å². The van der Waals surface area contributed by atoms with Gasteiger partial charge < -0.3 is 70.0 Å². The first-order chi connectivity index (χ1) is 35.2. The molecule has 0 aromatic carbocycles. The molecule has 1 heterocycles. The number of rotatable bonds is 49. The highest BCUT2D eigenvalue weighted by molar-refractivity contribution is 7.47. The van der Waals surface area contributed by atoms with E-state index in [0.29, 0.717) is 12.8 Å². The maximum absolute atomic E-state index is 12.9. The Morgan fingerprint density at radius 1 is 0.616 bits per heavy atom. The summed E-state index contributed by atoms with van der Waals surface area (Å²) in [4.78, 5) is 36.0. The average molecular weight is 1070 g/mol. The number of unbranched alkanes of at least 4 members (excludes halogenated alkanes) is 22. The van der Waals surface area contributed by atoms with Crippen LogP contribution in [0.25, 0.3) is 0 Å². The van der Waals surface area contributed by atoms with Crippen LogP contribution in [-0.4, -0.2) is 165 Å². The van der Waals surface area contributed by atoms with Gasteiger partial charge in [-0.25, -0.2) is 4.57 Å². The Labute approximate surface area is 437 Å². The molecule has 11 unspecified atom stereocenters. The average Bonchev–Trinajstić information content (AvgIpc) is 3.37. The van der Waals surface area contributed by atoms with Crippen molar-refractivity contribution in [3.63, 3.8) is 0 Å². The van der Waals surface area contributed by atoms with Crippen molar-refractivity contribution >= 4 is 19.8 Å². The summed E-state index contributed by atoms with van der Waals surface area (Å²) < 4.78 is 44.6. The number of aliphatic hydroxyl groups is 8. The quantitative estimate of drug-likeness (QED) is 0.0135. The van der Waals surface area contributed by atoms with Gasteiger partial charge in [0.2, 0.25) is 0 Å². The molecule has 0 aromatic rings. The molecule has 0 spiro atoms. The summed E-state index contributed by atoms with van der Waals surface area (Å²) in [5.74, 6) is -1.05. The van der Waals surface area contributed by atoms with Gasteiger partial charge in [0.1, 0.15) is 49.3 Å².